The van der Waals surface area contributed by atoms with Crippen LogP contribution < -0.4 is 5.46 Å². The first-order valence-electron chi connectivity index (χ1n) is 11.6. The summed E-state index contributed by atoms with van der Waals surface area (Å²) < 4.78 is 2.35. The van der Waals surface area contributed by atoms with Crippen molar-refractivity contribution in [3.05, 3.63) is 121 Å². The first-order chi connectivity index (χ1) is 16.8. The maximum Gasteiger partial charge on any atom is 0.115 e. The van der Waals surface area contributed by atoms with Crippen LogP contribution in [0.2, 0.25) is 0 Å². The Hall–Kier alpha value is -4.30. The topological polar surface area (TPSA) is 4.93 Å². The van der Waals surface area contributed by atoms with Gasteiger partial charge in [-0.1, -0.05) is 103 Å². The fraction of sp³-hybridized carbons (Fsp3) is 0. The molecule has 2 heteroatoms. The van der Waals surface area contributed by atoms with Crippen molar-refractivity contribution >= 4 is 56.7 Å². The van der Waals surface area contributed by atoms with Crippen molar-refractivity contribution in [3.8, 4) is 16.8 Å². The standard InChI is InChI=1S/C32H20BN/c33-32-27-13-3-1-11-25(27)31(26-12-2-4-14-28(26)32)21-17-19-22(20-18-21)34-29-15-7-5-9-23(29)24-10-6-8-16-30(24)34/h1-20H. The van der Waals surface area contributed by atoms with Gasteiger partial charge in [-0.25, -0.2) is 0 Å². The maximum atomic E-state index is 6.59. The molecule has 0 unspecified atom stereocenters. The van der Waals surface area contributed by atoms with Gasteiger partial charge in [0.05, 0.1) is 11.0 Å². The number of aromatic nitrogens is 1. The lowest BCUT2D eigenvalue weighted by molar-refractivity contribution is 1.18. The minimum atomic E-state index is 0.844. The number of hydrogen-bond acceptors (Lipinski definition) is 0. The summed E-state index contributed by atoms with van der Waals surface area (Å²) in [6, 6.07) is 43.1. The average Bonchev–Trinajstić information content (AvgIpc) is 3.24. The molecule has 2 radical (unpaired) electrons. The van der Waals surface area contributed by atoms with Gasteiger partial charge in [0.2, 0.25) is 0 Å². The molecule has 34 heavy (non-hydrogen) atoms. The molecular weight excluding hydrogens is 409 g/mol. The number of rotatable bonds is 2. The van der Waals surface area contributed by atoms with Gasteiger partial charge < -0.3 is 4.57 Å². The van der Waals surface area contributed by atoms with Crippen LogP contribution in [0.1, 0.15) is 0 Å². The normalized spacial score (nSPS) is 11.6. The van der Waals surface area contributed by atoms with E-state index in [-0.39, 0.29) is 0 Å². The smallest absolute Gasteiger partial charge is 0.115 e. The molecule has 7 aromatic rings. The number of para-hydroxylation sites is 2. The highest BCUT2D eigenvalue weighted by Gasteiger charge is 2.14. The highest BCUT2D eigenvalue weighted by molar-refractivity contribution is 6.46. The maximum absolute atomic E-state index is 6.59. The first-order valence-corrected chi connectivity index (χ1v) is 11.6. The molecular formula is C32H20BN. The van der Waals surface area contributed by atoms with Crippen molar-refractivity contribution in [2.75, 3.05) is 0 Å². The zero-order valence-electron chi connectivity index (χ0n) is 18.6. The van der Waals surface area contributed by atoms with Crippen LogP contribution in [0.4, 0.5) is 0 Å². The van der Waals surface area contributed by atoms with E-state index < -0.39 is 0 Å². The van der Waals surface area contributed by atoms with E-state index in [0.29, 0.717) is 0 Å². The predicted molar refractivity (Wildman–Crippen MR) is 147 cm³/mol. The van der Waals surface area contributed by atoms with E-state index in [0.717, 1.165) is 21.9 Å². The Labute approximate surface area is 199 Å². The second kappa shape index (κ2) is 7.36. The Morgan fingerprint density at radius 3 is 1.32 bits per heavy atom. The monoisotopic (exact) mass is 429 g/mol. The molecule has 0 atom stereocenters. The quantitative estimate of drug-likeness (QED) is 0.198. The van der Waals surface area contributed by atoms with Crippen LogP contribution in [0, 0.1) is 0 Å². The summed E-state index contributed by atoms with van der Waals surface area (Å²) in [4.78, 5) is 0. The van der Waals surface area contributed by atoms with Crippen molar-refractivity contribution in [2.45, 2.75) is 0 Å². The highest BCUT2D eigenvalue weighted by Crippen LogP contribution is 2.37. The van der Waals surface area contributed by atoms with E-state index in [9.17, 15) is 0 Å². The van der Waals surface area contributed by atoms with Crippen molar-refractivity contribution < 1.29 is 0 Å². The molecule has 0 N–H and O–H groups in total. The van der Waals surface area contributed by atoms with Crippen molar-refractivity contribution in [1.29, 1.82) is 0 Å². The lowest BCUT2D eigenvalue weighted by Crippen LogP contribution is -2.07. The molecule has 1 nitrogen and oxygen atoms in total. The van der Waals surface area contributed by atoms with Crippen LogP contribution in [-0.4, -0.2) is 12.4 Å². The van der Waals surface area contributed by atoms with Gasteiger partial charge in [-0.15, -0.1) is 0 Å². The number of fused-ring (bicyclic) bond motifs is 5. The molecule has 0 fully saturated rings. The molecule has 0 aliphatic carbocycles. The van der Waals surface area contributed by atoms with Gasteiger partial charge in [0.1, 0.15) is 7.85 Å². The summed E-state index contributed by atoms with van der Waals surface area (Å²) in [5.41, 5.74) is 6.87. The van der Waals surface area contributed by atoms with E-state index in [2.05, 4.69) is 126 Å². The molecule has 0 amide bonds. The van der Waals surface area contributed by atoms with Gasteiger partial charge in [0, 0.05) is 16.5 Å². The van der Waals surface area contributed by atoms with E-state index in [1.807, 2.05) is 0 Å². The van der Waals surface area contributed by atoms with Gasteiger partial charge in [0.15, 0.2) is 0 Å². The van der Waals surface area contributed by atoms with Crippen molar-refractivity contribution in [1.82, 2.24) is 4.57 Å². The summed E-state index contributed by atoms with van der Waals surface area (Å²) in [7, 11) is 6.59. The molecule has 156 valence electrons. The Balaban J connectivity index is 1.49. The Bertz CT molecular complexity index is 1750. The lowest BCUT2D eigenvalue weighted by Gasteiger charge is -2.16. The molecule has 0 saturated heterocycles. The largest absolute Gasteiger partial charge is 0.309 e. The fourth-order valence-corrected chi connectivity index (χ4v) is 5.45. The van der Waals surface area contributed by atoms with Crippen LogP contribution in [0.25, 0.3) is 60.2 Å². The van der Waals surface area contributed by atoms with E-state index >= 15 is 0 Å². The Morgan fingerprint density at radius 2 is 0.824 bits per heavy atom. The van der Waals surface area contributed by atoms with Crippen LogP contribution in [-0.2, 0) is 0 Å². The summed E-state index contributed by atoms with van der Waals surface area (Å²) >= 11 is 0. The molecule has 0 saturated carbocycles. The Morgan fingerprint density at radius 1 is 0.412 bits per heavy atom. The third-order valence-corrected chi connectivity index (χ3v) is 6.97. The van der Waals surface area contributed by atoms with E-state index in [1.54, 1.807) is 0 Å². The SMILES string of the molecule is [B]c1c2ccccc2c(-c2ccc(-n3c4ccccc4c4ccccc43)cc2)c2ccccc12. The predicted octanol–water partition coefficient (Wildman–Crippen LogP) is 7.55. The van der Waals surface area contributed by atoms with Gasteiger partial charge in [-0.2, -0.15) is 0 Å². The third kappa shape index (κ3) is 2.69. The van der Waals surface area contributed by atoms with Gasteiger partial charge >= 0.3 is 0 Å². The summed E-state index contributed by atoms with van der Waals surface area (Å²) in [5, 5.41) is 7.12. The summed E-state index contributed by atoms with van der Waals surface area (Å²) in [5.74, 6) is 0. The highest BCUT2D eigenvalue weighted by atomic mass is 15.0. The lowest BCUT2D eigenvalue weighted by atomic mass is 9.81. The molecule has 1 heterocycles. The molecule has 0 aliphatic heterocycles. The molecule has 0 bridgehead atoms. The third-order valence-electron chi connectivity index (χ3n) is 6.97. The Kier molecular flexibility index (Phi) is 4.16. The molecule has 6 aromatic carbocycles. The second-order valence-electron chi connectivity index (χ2n) is 8.80. The van der Waals surface area contributed by atoms with E-state index in [4.69, 9.17) is 7.85 Å². The van der Waals surface area contributed by atoms with Crippen LogP contribution in [0.3, 0.4) is 0 Å². The number of nitrogens with zero attached hydrogens (tertiary/aromatic N) is 1. The average molecular weight is 429 g/mol. The fourth-order valence-electron chi connectivity index (χ4n) is 5.45. The number of benzene rings is 6. The summed E-state index contributed by atoms with van der Waals surface area (Å²) in [6.45, 7) is 0. The van der Waals surface area contributed by atoms with Crippen molar-refractivity contribution in [3.63, 3.8) is 0 Å². The van der Waals surface area contributed by atoms with E-state index in [1.165, 1.54) is 43.7 Å². The summed E-state index contributed by atoms with van der Waals surface area (Å²) in [6.07, 6.45) is 0. The minimum Gasteiger partial charge on any atom is -0.309 e. The van der Waals surface area contributed by atoms with Crippen molar-refractivity contribution in [2.24, 2.45) is 0 Å². The molecule has 0 spiro atoms. The second-order valence-corrected chi connectivity index (χ2v) is 8.80. The van der Waals surface area contributed by atoms with Gasteiger partial charge in [-0.05, 0) is 56.9 Å². The van der Waals surface area contributed by atoms with Crippen LogP contribution in [0.5, 0.6) is 0 Å². The molecule has 0 aliphatic rings. The van der Waals surface area contributed by atoms with Gasteiger partial charge in [-0.3, -0.25) is 0 Å². The van der Waals surface area contributed by atoms with Crippen LogP contribution >= 0.6 is 0 Å². The number of hydrogen-bond donors (Lipinski definition) is 0. The van der Waals surface area contributed by atoms with Crippen LogP contribution in [0.15, 0.2) is 121 Å². The first kappa shape index (κ1) is 19.2. The zero-order chi connectivity index (χ0) is 22.6. The van der Waals surface area contributed by atoms with Gasteiger partial charge in [0.25, 0.3) is 0 Å². The molecule has 1 aromatic heterocycles. The molecule has 7 rings (SSSR count). The minimum absolute atomic E-state index is 0.844. The zero-order valence-corrected chi connectivity index (χ0v) is 18.6.